The van der Waals surface area contributed by atoms with Crippen LogP contribution in [0, 0.1) is 19.7 Å². The fourth-order valence-electron chi connectivity index (χ4n) is 2.80. The quantitative estimate of drug-likeness (QED) is 0.685. The van der Waals surface area contributed by atoms with Crippen LogP contribution in [0.2, 0.25) is 0 Å². The molecule has 2 aromatic heterocycles. The van der Waals surface area contributed by atoms with Crippen LogP contribution in [0.4, 0.5) is 4.39 Å². The lowest BCUT2D eigenvalue weighted by molar-refractivity contribution is 0.0514. The van der Waals surface area contributed by atoms with Crippen molar-refractivity contribution < 1.29 is 18.7 Å². The van der Waals surface area contributed by atoms with Gasteiger partial charge < -0.3 is 19.8 Å². The van der Waals surface area contributed by atoms with E-state index in [0.717, 1.165) is 6.07 Å². The van der Waals surface area contributed by atoms with Crippen LogP contribution in [-0.2, 0) is 5.60 Å². The van der Waals surface area contributed by atoms with E-state index in [1.54, 1.807) is 26.8 Å². The Morgan fingerprint density at radius 2 is 2.17 bits per heavy atom. The number of aromatic amines is 1. The van der Waals surface area contributed by atoms with Crippen LogP contribution >= 0.6 is 0 Å². The number of fused-ring (bicyclic) bond motifs is 1. The minimum atomic E-state index is -1.31. The number of nitrogens with one attached hydrogen (secondary N) is 2. The van der Waals surface area contributed by atoms with Crippen LogP contribution in [0.3, 0.4) is 0 Å². The maximum absolute atomic E-state index is 13.6. The van der Waals surface area contributed by atoms with Gasteiger partial charge >= 0.3 is 0 Å². The summed E-state index contributed by atoms with van der Waals surface area (Å²) in [5.74, 6) is 0.222. The highest BCUT2D eigenvalue weighted by atomic mass is 19.1. The first-order chi connectivity index (χ1) is 11.3. The van der Waals surface area contributed by atoms with Crippen LogP contribution in [0.1, 0.15) is 34.4 Å². The van der Waals surface area contributed by atoms with E-state index in [4.69, 9.17) is 4.42 Å². The Hall–Kier alpha value is -2.67. The summed E-state index contributed by atoms with van der Waals surface area (Å²) in [4.78, 5) is 19.2. The second kappa shape index (κ2) is 5.76. The van der Waals surface area contributed by atoms with Gasteiger partial charge in [0.15, 0.2) is 0 Å². The monoisotopic (exact) mass is 331 g/mol. The number of carbonyl (C=O) groups excluding carboxylic acids is 1. The summed E-state index contributed by atoms with van der Waals surface area (Å²) < 4.78 is 19.1. The minimum Gasteiger partial charge on any atom is -0.466 e. The van der Waals surface area contributed by atoms with Crippen LogP contribution in [0.25, 0.3) is 11.0 Å². The Morgan fingerprint density at radius 1 is 1.42 bits per heavy atom. The molecule has 0 bridgehead atoms. The second-order valence-corrected chi connectivity index (χ2v) is 6.04. The van der Waals surface area contributed by atoms with Crippen molar-refractivity contribution in [2.24, 2.45) is 0 Å². The van der Waals surface area contributed by atoms with Gasteiger partial charge in [0.1, 0.15) is 28.5 Å². The number of aliphatic hydroxyl groups is 1. The van der Waals surface area contributed by atoms with Gasteiger partial charge in [0, 0.05) is 5.56 Å². The largest absolute Gasteiger partial charge is 0.466 e. The van der Waals surface area contributed by atoms with Crippen molar-refractivity contribution in [3.05, 3.63) is 53.0 Å². The topological polar surface area (TPSA) is 91.2 Å². The summed E-state index contributed by atoms with van der Waals surface area (Å²) in [7, 11) is 0. The van der Waals surface area contributed by atoms with Crippen molar-refractivity contribution in [1.29, 1.82) is 0 Å². The number of nitrogens with zero attached hydrogens (tertiary/aromatic N) is 1. The van der Waals surface area contributed by atoms with Gasteiger partial charge in [-0.15, -0.1) is 0 Å². The van der Waals surface area contributed by atoms with E-state index in [2.05, 4.69) is 15.3 Å². The predicted molar refractivity (Wildman–Crippen MR) is 86.1 cm³/mol. The molecular weight excluding hydrogens is 313 g/mol. The number of hydrogen-bond acceptors (Lipinski definition) is 4. The van der Waals surface area contributed by atoms with Crippen LogP contribution in [-0.4, -0.2) is 27.5 Å². The number of rotatable bonds is 4. The lowest BCUT2D eigenvalue weighted by atomic mass is 9.96. The van der Waals surface area contributed by atoms with Crippen LogP contribution in [0.5, 0.6) is 0 Å². The number of halogens is 1. The molecule has 0 aliphatic heterocycles. The summed E-state index contributed by atoms with van der Waals surface area (Å²) in [5.41, 5.74) is 0.221. The van der Waals surface area contributed by atoms with Gasteiger partial charge in [-0.1, -0.05) is 0 Å². The molecule has 1 aromatic carbocycles. The zero-order valence-electron chi connectivity index (χ0n) is 13.6. The average molecular weight is 331 g/mol. The van der Waals surface area contributed by atoms with Crippen molar-refractivity contribution in [2.75, 3.05) is 6.54 Å². The molecule has 0 aliphatic rings. The number of benzene rings is 1. The first-order valence-corrected chi connectivity index (χ1v) is 7.48. The molecule has 3 rings (SSSR count). The smallest absolute Gasteiger partial charge is 0.253 e. The summed E-state index contributed by atoms with van der Waals surface area (Å²) in [6, 6.07) is 4.13. The highest BCUT2D eigenvalue weighted by molar-refractivity contribution is 6.04. The zero-order chi connectivity index (χ0) is 17.5. The van der Waals surface area contributed by atoms with E-state index in [0.29, 0.717) is 28.1 Å². The van der Waals surface area contributed by atoms with Crippen molar-refractivity contribution >= 4 is 16.9 Å². The predicted octanol–water partition coefficient (Wildman–Crippen LogP) is 2.55. The van der Waals surface area contributed by atoms with Gasteiger partial charge in [0.05, 0.1) is 24.0 Å². The number of hydrogen-bond donors (Lipinski definition) is 3. The van der Waals surface area contributed by atoms with E-state index in [9.17, 15) is 14.3 Å². The molecule has 2 heterocycles. The molecule has 7 heteroatoms. The molecule has 0 aliphatic carbocycles. The molecule has 3 N–H and O–H groups in total. The summed E-state index contributed by atoms with van der Waals surface area (Å²) in [6.45, 7) is 5.07. The Labute approximate surface area is 137 Å². The number of aromatic nitrogens is 2. The van der Waals surface area contributed by atoms with E-state index >= 15 is 0 Å². The molecule has 24 heavy (non-hydrogen) atoms. The first kappa shape index (κ1) is 16.2. The van der Waals surface area contributed by atoms with Crippen molar-refractivity contribution in [3.63, 3.8) is 0 Å². The van der Waals surface area contributed by atoms with Crippen molar-refractivity contribution in [1.82, 2.24) is 15.3 Å². The van der Waals surface area contributed by atoms with E-state index < -0.39 is 17.3 Å². The number of H-pyrrole nitrogens is 1. The fourth-order valence-corrected chi connectivity index (χ4v) is 2.80. The number of furan rings is 1. The molecule has 1 atom stereocenters. The van der Waals surface area contributed by atoms with Gasteiger partial charge in [0.25, 0.3) is 5.91 Å². The van der Waals surface area contributed by atoms with Gasteiger partial charge in [-0.2, -0.15) is 0 Å². The maximum atomic E-state index is 13.6. The fraction of sp³-hybridized carbons (Fsp3) is 0.294. The lowest BCUT2D eigenvalue weighted by Gasteiger charge is -2.23. The molecule has 0 saturated carbocycles. The van der Waals surface area contributed by atoms with Gasteiger partial charge in [-0.25, -0.2) is 9.37 Å². The highest BCUT2D eigenvalue weighted by Crippen LogP contribution is 2.26. The Morgan fingerprint density at radius 3 is 2.83 bits per heavy atom. The van der Waals surface area contributed by atoms with Crippen molar-refractivity contribution in [3.8, 4) is 0 Å². The van der Waals surface area contributed by atoms with Gasteiger partial charge in [-0.3, -0.25) is 4.79 Å². The van der Waals surface area contributed by atoms with Gasteiger partial charge in [-0.05, 0) is 39.0 Å². The minimum absolute atomic E-state index is 0.0475. The Bertz CT molecular complexity index is 911. The maximum Gasteiger partial charge on any atom is 0.253 e. The second-order valence-electron chi connectivity index (χ2n) is 6.04. The molecule has 0 radical (unpaired) electrons. The molecule has 0 fully saturated rings. The Balaban J connectivity index is 1.82. The number of imidazole rings is 1. The molecular formula is C17H18FN3O3. The van der Waals surface area contributed by atoms with Crippen molar-refractivity contribution in [2.45, 2.75) is 26.4 Å². The molecule has 3 aromatic rings. The normalized spacial score (nSPS) is 13.9. The standard InChI is InChI=1S/C17H18FN3O3/c1-9-4-13(10(2)24-9)17(3,23)7-19-16(22)12-5-11(18)6-14-15(12)21-8-20-14/h4-6,8,23H,7H2,1-3H3,(H,19,22)(H,20,21). The third kappa shape index (κ3) is 2.90. The van der Waals surface area contributed by atoms with E-state index in [1.165, 1.54) is 12.4 Å². The number of aryl methyl sites for hydroxylation is 2. The van der Waals surface area contributed by atoms with Crippen LogP contribution in [0.15, 0.2) is 28.9 Å². The summed E-state index contributed by atoms with van der Waals surface area (Å²) in [6.07, 6.45) is 1.40. The molecule has 1 unspecified atom stereocenters. The van der Waals surface area contributed by atoms with E-state index in [-0.39, 0.29) is 12.1 Å². The molecule has 6 nitrogen and oxygen atoms in total. The summed E-state index contributed by atoms with van der Waals surface area (Å²) in [5, 5.41) is 13.3. The number of amides is 1. The first-order valence-electron chi connectivity index (χ1n) is 7.48. The zero-order valence-corrected chi connectivity index (χ0v) is 13.6. The van der Waals surface area contributed by atoms with Gasteiger partial charge in [0.2, 0.25) is 0 Å². The third-order valence-electron chi connectivity index (χ3n) is 3.95. The number of carbonyl (C=O) groups is 1. The average Bonchev–Trinajstić information content (AvgIpc) is 3.10. The van der Waals surface area contributed by atoms with Crippen LogP contribution < -0.4 is 5.32 Å². The molecule has 0 saturated heterocycles. The summed E-state index contributed by atoms with van der Waals surface area (Å²) >= 11 is 0. The van der Waals surface area contributed by atoms with E-state index in [1.807, 2.05) is 0 Å². The molecule has 1 amide bonds. The Kier molecular flexibility index (Phi) is 3.88. The third-order valence-corrected chi connectivity index (χ3v) is 3.95. The highest BCUT2D eigenvalue weighted by Gasteiger charge is 2.28. The lowest BCUT2D eigenvalue weighted by Crippen LogP contribution is -2.38. The SMILES string of the molecule is Cc1cc(C(C)(O)CNC(=O)c2cc(F)cc3[nH]cnc23)c(C)o1. The molecule has 126 valence electrons. The molecule has 0 spiro atoms.